The Kier molecular flexibility index (Phi) is 9.18. The SMILES string of the molecule is CCCCN(CC)CCC(=O)Nc1ccc(C(=O)Nc2ccccc2OC)cc1. The molecule has 2 amide bonds. The van der Waals surface area contributed by atoms with E-state index < -0.39 is 0 Å². The lowest BCUT2D eigenvalue weighted by molar-refractivity contribution is -0.116. The van der Waals surface area contributed by atoms with Gasteiger partial charge in [-0.3, -0.25) is 9.59 Å². The first-order valence-electron chi connectivity index (χ1n) is 10.1. The van der Waals surface area contributed by atoms with Crippen LogP contribution in [-0.4, -0.2) is 43.5 Å². The van der Waals surface area contributed by atoms with Crippen LogP contribution in [0.5, 0.6) is 5.75 Å². The van der Waals surface area contributed by atoms with Crippen molar-refractivity contribution in [2.75, 3.05) is 37.4 Å². The van der Waals surface area contributed by atoms with Crippen LogP contribution < -0.4 is 15.4 Å². The van der Waals surface area contributed by atoms with E-state index in [-0.39, 0.29) is 11.8 Å². The summed E-state index contributed by atoms with van der Waals surface area (Å²) >= 11 is 0. The van der Waals surface area contributed by atoms with Crippen LogP contribution in [0.1, 0.15) is 43.5 Å². The number of rotatable bonds is 11. The van der Waals surface area contributed by atoms with Gasteiger partial charge in [-0.05, 0) is 55.9 Å². The second kappa shape index (κ2) is 11.9. The van der Waals surface area contributed by atoms with Crippen molar-refractivity contribution < 1.29 is 14.3 Å². The van der Waals surface area contributed by atoms with E-state index in [1.165, 1.54) is 0 Å². The lowest BCUT2D eigenvalue weighted by atomic mass is 10.2. The number of carbonyl (C=O) groups excluding carboxylic acids is 2. The highest BCUT2D eigenvalue weighted by atomic mass is 16.5. The third-order valence-electron chi connectivity index (χ3n) is 4.72. The number of benzene rings is 2. The molecule has 2 aromatic carbocycles. The highest BCUT2D eigenvalue weighted by Crippen LogP contribution is 2.23. The summed E-state index contributed by atoms with van der Waals surface area (Å²) in [5.74, 6) is 0.345. The van der Waals surface area contributed by atoms with E-state index in [4.69, 9.17) is 4.74 Å². The summed E-state index contributed by atoms with van der Waals surface area (Å²) in [4.78, 5) is 26.9. The number of amides is 2. The summed E-state index contributed by atoms with van der Waals surface area (Å²) in [7, 11) is 1.56. The number of ether oxygens (including phenoxy) is 1. The lowest BCUT2D eigenvalue weighted by Crippen LogP contribution is -2.28. The normalized spacial score (nSPS) is 10.6. The van der Waals surface area contributed by atoms with Gasteiger partial charge in [0.1, 0.15) is 5.75 Å². The van der Waals surface area contributed by atoms with E-state index in [1.54, 1.807) is 43.5 Å². The molecule has 0 spiro atoms. The van der Waals surface area contributed by atoms with Crippen LogP contribution in [0.15, 0.2) is 48.5 Å². The molecule has 0 aliphatic carbocycles. The zero-order chi connectivity index (χ0) is 21.1. The number of carbonyl (C=O) groups is 2. The van der Waals surface area contributed by atoms with Crippen LogP contribution in [0.2, 0.25) is 0 Å². The minimum atomic E-state index is -0.234. The number of nitrogens with one attached hydrogen (secondary N) is 2. The Labute approximate surface area is 173 Å². The summed E-state index contributed by atoms with van der Waals surface area (Å²) in [5, 5.41) is 5.73. The molecule has 0 aliphatic heterocycles. The molecule has 156 valence electrons. The summed E-state index contributed by atoms with van der Waals surface area (Å²) in [5.41, 5.74) is 1.80. The molecule has 0 unspecified atom stereocenters. The standard InChI is InChI=1S/C23H31N3O3/c1-4-6-16-26(5-2)17-15-22(27)24-19-13-11-18(12-14-19)23(28)25-20-9-7-8-10-21(20)29-3/h7-14H,4-6,15-17H2,1-3H3,(H,24,27)(H,25,28). The van der Waals surface area contributed by atoms with Crippen LogP contribution in [0.4, 0.5) is 11.4 Å². The molecular formula is C23H31N3O3. The highest BCUT2D eigenvalue weighted by Gasteiger charge is 2.10. The van der Waals surface area contributed by atoms with E-state index in [2.05, 4.69) is 29.4 Å². The molecule has 0 saturated carbocycles. The maximum absolute atomic E-state index is 12.5. The van der Waals surface area contributed by atoms with Crippen molar-refractivity contribution in [3.63, 3.8) is 0 Å². The molecule has 0 saturated heterocycles. The third kappa shape index (κ3) is 7.23. The third-order valence-corrected chi connectivity index (χ3v) is 4.72. The second-order valence-electron chi connectivity index (χ2n) is 6.82. The van der Waals surface area contributed by atoms with Crippen LogP contribution in [0, 0.1) is 0 Å². The minimum absolute atomic E-state index is 0.0221. The quantitative estimate of drug-likeness (QED) is 0.590. The molecule has 0 aliphatic rings. The van der Waals surface area contributed by atoms with E-state index in [0.29, 0.717) is 29.1 Å². The maximum atomic E-state index is 12.5. The monoisotopic (exact) mass is 397 g/mol. The van der Waals surface area contributed by atoms with Crippen molar-refractivity contribution in [3.8, 4) is 5.75 Å². The number of methoxy groups -OCH3 is 1. The summed E-state index contributed by atoms with van der Waals surface area (Å²) in [6, 6.07) is 14.1. The molecule has 2 rings (SSSR count). The molecular weight excluding hydrogens is 366 g/mol. The Bertz CT molecular complexity index is 790. The number of hydrogen-bond acceptors (Lipinski definition) is 4. The van der Waals surface area contributed by atoms with Gasteiger partial charge in [0.2, 0.25) is 5.91 Å². The molecule has 0 atom stereocenters. The first-order chi connectivity index (χ1) is 14.1. The average molecular weight is 398 g/mol. The van der Waals surface area contributed by atoms with Gasteiger partial charge in [-0.25, -0.2) is 0 Å². The van der Waals surface area contributed by atoms with Crippen molar-refractivity contribution in [2.45, 2.75) is 33.1 Å². The fraction of sp³-hybridized carbons (Fsp3) is 0.391. The highest BCUT2D eigenvalue weighted by molar-refractivity contribution is 6.05. The van der Waals surface area contributed by atoms with Gasteiger partial charge < -0.3 is 20.3 Å². The van der Waals surface area contributed by atoms with Gasteiger partial charge in [0.05, 0.1) is 12.8 Å². The minimum Gasteiger partial charge on any atom is -0.495 e. The van der Waals surface area contributed by atoms with Crippen molar-refractivity contribution in [3.05, 3.63) is 54.1 Å². The first-order valence-corrected chi connectivity index (χ1v) is 10.1. The molecule has 0 radical (unpaired) electrons. The second-order valence-corrected chi connectivity index (χ2v) is 6.82. The van der Waals surface area contributed by atoms with Gasteiger partial charge in [0.15, 0.2) is 0 Å². The Morgan fingerprint density at radius 1 is 0.966 bits per heavy atom. The van der Waals surface area contributed by atoms with Gasteiger partial charge in [-0.2, -0.15) is 0 Å². The van der Waals surface area contributed by atoms with E-state index in [0.717, 1.165) is 32.5 Å². The van der Waals surface area contributed by atoms with Crippen molar-refractivity contribution >= 4 is 23.2 Å². The smallest absolute Gasteiger partial charge is 0.255 e. The predicted octanol–water partition coefficient (Wildman–Crippen LogP) is 4.40. The zero-order valence-electron chi connectivity index (χ0n) is 17.5. The predicted molar refractivity (Wildman–Crippen MR) is 118 cm³/mol. The number of unbranched alkanes of at least 4 members (excludes halogenated alkanes) is 1. The molecule has 29 heavy (non-hydrogen) atoms. The molecule has 0 aromatic heterocycles. The Morgan fingerprint density at radius 3 is 2.34 bits per heavy atom. The molecule has 0 heterocycles. The Morgan fingerprint density at radius 2 is 1.69 bits per heavy atom. The topological polar surface area (TPSA) is 70.7 Å². The van der Waals surface area contributed by atoms with Crippen LogP contribution in [-0.2, 0) is 4.79 Å². The van der Waals surface area contributed by atoms with Gasteiger partial charge in [-0.1, -0.05) is 32.4 Å². The molecule has 0 fully saturated rings. The number of hydrogen-bond donors (Lipinski definition) is 2. The van der Waals surface area contributed by atoms with E-state index in [9.17, 15) is 9.59 Å². The molecule has 2 aromatic rings. The fourth-order valence-electron chi connectivity index (χ4n) is 2.94. The van der Waals surface area contributed by atoms with Crippen LogP contribution >= 0.6 is 0 Å². The van der Waals surface area contributed by atoms with Gasteiger partial charge in [0, 0.05) is 24.2 Å². The molecule has 2 N–H and O–H groups in total. The largest absolute Gasteiger partial charge is 0.495 e. The molecule has 0 bridgehead atoms. The number of nitrogens with zero attached hydrogens (tertiary/aromatic N) is 1. The first kappa shape index (κ1) is 22.4. The molecule has 6 nitrogen and oxygen atoms in total. The Balaban J connectivity index is 1.87. The summed E-state index contributed by atoms with van der Waals surface area (Å²) in [6.07, 6.45) is 2.75. The number of para-hydroxylation sites is 2. The maximum Gasteiger partial charge on any atom is 0.255 e. The Hall–Kier alpha value is -2.86. The van der Waals surface area contributed by atoms with Crippen molar-refractivity contribution in [2.24, 2.45) is 0 Å². The van der Waals surface area contributed by atoms with Crippen LogP contribution in [0.3, 0.4) is 0 Å². The lowest BCUT2D eigenvalue weighted by Gasteiger charge is -2.19. The summed E-state index contributed by atoms with van der Waals surface area (Å²) < 4.78 is 5.25. The van der Waals surface area contributed by atoms with E-state index in [1.807, 2.05) is 12.1 Å². The van der Waals surface area contributed by atoms with Gasteiger partial charge >= 0.3 is 0 Å². The summed E-state index contributed by atoms with van der Waals surface area (Å²) in [6.45, 7) is 7.00. The molecule has 6 heteroatoms. The van der Waals surface area contributed by atoms with Crippen LogP contribution in [0.25, 0.3) is 0 Å². The van der Waals surface area contributed by atoms with Gasteiger partial charge in [-0.15, -0.1) is 0 Å². The zero-order valence-corrected chi connectivity index (χ0v) is 17.5. The number of anilines is 2. The van der Waals surface area contributed by atoms with Crippen molar-refractivity contribution in [1.82, 2.24) is 4.90 Å². The van der Waals surface area contributed by atoms with Crippen molar-refractivity contribution in [1.29, 1.82) is 0 Å². The fourth-order valence-corrected chi connectivity index (χ4v) is 2.94. The van der Waals surface area contributed by atoms with Gasteiger partial charge in [0.25, 0.3) is 5.91 Å². The van der Waals surface area contributed by atoms with E-state index >= 15 is 0 Å². The average Bonchev–Trinajstić information content (AvgIpc) is 2.74.